The predicted octanol–water partition coefficient (Wildman–Crippen LogP) is 1.02. The molecule has 0 fully saturated rings. The van der Waals surface area contributed by atoms with E-state index in [1.807, 2.05) is 0 Å². The molecule has 8 nitrogen and oxygen atoms in total. The van der Waals surface area contributed by atoms with Crippen molar-refractivity contribution in [2.45, 2.75) is 0 Å². The number of hydrogen-bond donors (Lipinski definition) is 0. The van der Waals surface area contributed by atoms with E-state index >= 15 is 0 Å². The number of nitrogens with zero attached hydrogens (tertiary/aromatic N) is 8. The molecule has 0 saturated heterocycles. The lowest BCUT2D eigenvalue weighted by Crippen LogP contribution is -2.00. The van der Waals surface area contributed by atoms with Crippen LogP contribution in [0.2, 0.25) is 10.0 Å². The fourth-order valence-corrected chi connectivity index (χ4v) is 2.16. The van der Waals surface area contributed by atoms with Gasteiger partial charge in [-0.1, -0.05) is 23.2 Å². The fourth-order valence-electron chi connectivity index (χ4n) is 1.84. The monoisotopic (exact) mass is 280 g/mol. The Kier molecular flexibility index (Phi) is 1.78. The minimum atomic E-state index is 0.411. The molecule has 18 heavy (non-hydrogen) atoms. The van der Waals surface area contributed by atoms with Gasteiger partial charge in [0, 0.05) is 0 Å². The molecular weight excluding hydrogens is 279 g/mol. The second-order valence-corrected chi connectivity index (χ2v) is 4.40. The number of aromatic nitrogens is 8. The molecule has 3 aromatic heterocycles. The minimum Gasteiger partial charge on any atom is -0.187 e. The number of hydrogen-bond acceptors (Lipinski definition) is 6. The van der Waals surface area contributed by atoms with Gasteiger partial charge in [0.05, 0.1) is 21.1 Å². The third-order valence-corrected chi connectivity index (χ3v) is 3.34. The van der Waals surface area contributed by atoms with Crippen molar-refractivity contribution < 1.29 is 0 Å². The lowest BCUT2D eigenvalue weighted by molar-refractivity contribution is 0.827. The molecule has 4 aromatic rings. The van der Waals surface area contributed by atoms with Gasteiger partial charge >= 0.3 is 0 Å². The smallest absolute Gasteiger partial charge is 0.187 e. The van der Waals surface area contributed by atoms with Crippen molar-refractivity contribution in [2.24, 2.45) is 0 Å². The fraction of sp³-hybridized carbons (Fsp3) is 0. The third-order valence-electron chi connectivity index (χ3n) is 2.61. The van der Waals surface area contributed by atoms with Crippen LogP contribution in [-0.2, 0) is 0 Å². The highest BCUT2D eigenvalue weighted by molar-refractivity contribution is 6.42. The average Bonchev–Trinajstić information content (AvgIpc) is 2.97. The molecule has 0 N–H and O–H groups in total. The van der Waals surface area contributed by atoms with Crippen molar-refractivity contribution in [3.63, 3.8) is 0 Å². The molecule has 0 spiro atoms. The van der Waals surface area contributed by atoms with E-state index in [1.54, 1.807) is 12.1 Å². The van der Waals surface area contributed by atoms with E-state index in [-0.39, 0.29) is 0 Å². The lowest BCUT2D eigenvalue weighted by atomic mass is 10.3. The van der Waals surface area contributed by atoms with Crippen molar-refractivity contribution in [1.29, 1.82) is 0 Å². The van der Waals surface area contributed by atoms with Crippen molar-refractivity contribution in [3.05, 3.63) is 22.2 Å². The Balaban J connectivity index is 2.43. The largest absolute Gasteiger partial charge is 0.226 e. The zero-order chi connectivity index (χ0) is 12.3. The summed E-state index contributed by atoms with van der Waals surface area (Å²) in [4.78, 5) is 0. The number of fused-ring (bicyclic) bond motifs is 6. The summed E-state index contributed by atoms with van der Waals surface area (Å²) >= 11 is 12.0. The Morgan fingerprint density at radius 2 is 1.22 bits per heavy atom. The maximum atomic E-state index is 6.01. The van der Waals surface area contributed by atoms with E-state index in [2.05, 4.69) is 31.1 Å². The summed E-state index contributed by atoms with van der Waals surface area (Å²) in [5.74, 6) is 0. The summed E-state index contributed by atoms with van der Waals surface area (Å²) in [7, 11) is 0. The molecule has 0 unspecified atom stereocenters. The van der Waals surface area contributed by atoms with Gasteiger partial charge in [-0.25, -0.2) is 0 Å². The van der Waals surface area contributed by atoms with Gasteiger partial charge in [-0.15, -0.1) is 10.2 Å². The molecule has 0 amide bonds. The molecule has 0 aliphatic rings. The summed E-state index contributed by atoms with van der Waals surface area (Å²) in [5.41, 5.74) is 2.24. The van der Waals surface area contributed by atoms with Crippen LogP contribution in [0.5, 0.6) is 0 Å². The summed E-state index contributed by atoms with van der Waals surface area (Å²) in [6.45, 7) is 0. The van der Waals surface area contributed by atoms with Crippen molar-refractivity contribution in [3.8, 4) is 0 Å². The van der Waals surface area contributed by atoms with Gasteiger partial charge in [0.2, 0.25) is 11.3 Å². The molecule has 10 heteroatoms. The molecule has 0 aliphatic carbocycles. The summed E-state index contributed by atoms with van der Waals surface area (Å²) in [5, 5.41) is 23.6. The predicted molar refractivity (Wildman–Crippen MR) is 62.6 cm³/mol. The molecule has 0 aliphatic heterocycles. The van der Waals surface area contributed by atoms with Crippen LogP contribution in [0.4, 0.5) is 0 Å². The van der Waals surface area contributed by atoms with Gasteiger partial charge < -0.3 is 0 Å². The van der Waals surface area contributed by atoms with Crippen LogP contribution in [0, 0.1) is 0 Å². The van der Waals surface area contributed by atoms with Gasteiger partial charge in [0.25, 0.3) is 0 Å². The van der Waals surface area contributed by atoms with E-state index in [0.717, 1.165) is 0 Å². The van der Waals surface area contributed by atoms with Gasteiger partial charge in [0.15, 0.2) is 0 Å². The zero-order valence-electron chi connectivity index (χ0n) is 8.49. The minimum absolute atomic E-state index is 0.411. The molecule has 4 rings (SSSR count). The van der Waals surface area contributed by atoms with Gasteiger partial charge in [-0.2, -0.15) is 9.03 Å². The molecule has 1 aromatic carbocycles. The first-order valence-corrected chi connectivity index (χ1v) is 5.58. The molecule has 88 valence electrons. The number of rotatable bonds is 0. The lowest BCUT2D eigenvalue weighted by Gasteiger charge is -2.03. The van der Waals surface area contributed by atoms with E-state index in [0.29, 0.717) is 32.4 Å². The Morgan fingerprint density at radius 1 is 0.778 bits per heavy atom. The number of halogens is 2. The first-order chi connectivity index (χ1) is 8.75. The molecule has 0 radical (unpaired) electrons. The van der Waals surface area contributed by atoms with Crippen molar-refractivity contribution in [2.75, 3.05) is 0 Å². The zero-order valence-corrected chi connectivity index (χ0v) is 10.0. The number of benzene rings is 1. The third kappa shape index (κ3) is 1.11. The molecule has 0 atom stereocenters. The highest BCUT2D eigenvalue weighted by Gasteiger charge is 2.15. The van der Waals surface area contributed by atoms with E-state index in [4.69, 9.17) is 23.2 Å². The van der Waals surface area contributed by atoms with Gasteiger partial charge in [0.1, 0.15) is 0 Å². The molecular formula is C8H2Cl2N8. The first-order valence-electron chi connectivity index (χ1n) is 4.82. The molecule has 3 heterocycles. The number of tetrazole rings is 2. The average molecular weight is 281 g/mol. The Hall–Kier alpha value is -2.06. The standard InChI is InChI=1S/C8H2Cl2N8/c9-3-1-5-6(2-4(3)10)18-8(12-14-16-18)7-11-13-15-17(5)7/h1-2H. The molecule has 0 saturated carbocycles. The topological polar surface area (TPSA) is 86.2 Å². The van der Waals surface area contributed by atoms with Crippen LogP contribution in [0.1, 0.15) is 0 Å². The normalized spacial score (nSPS) is 11.9. The highest BCUT2D eigenvalue weighted by atomic mass is 35.5. The molecule has 0 bridgehead atoms. The van der Waals surface area contributed by atoms with Gasteiger partial charge in [-0.05, 0) is 33.0 Å². The van der Waals surface area contributed by atoms with Gasteiger partial charge in [-0.3, -0.25) is 0 Å². The van der Waals surface area contributed by atoms with Crippen LogP contribution >= 0.6 is 23.2 Å². The Bertz CT molecular complexity index is 835. The second kappa shape index (κ2) is 3.24. The Morgan fingerprint density at radius 3 is 1.67 bits per heavy atom. The maximum absolute atomic E-state index is 6.01. The van der Waals surface area contributed by atoms with E-state index < -0.39 is 0 Å². The summed E-state index contributed by atoms with van der Waals surface area (Å²) in [6.07, 6.45) is 0. The summed E-state index contributed by atoms with van der Waals surface area (Å²) < 4.78 is 3.03. The quantitative estimate of drug-likeness (QED) is 0.478. The van der Waals surface area contributed by atoms with E-state index in [1.165, 1.54) is 9.03 Å². The van der Waals surface area contributed by atoms with Crippen molar-refractivity contribution >= 4 is 45.5 Å². The Labute approximate surface area is 108 Å². The van der Waals surface area contributed by atoms with E-state index in [9.17, 15) is 0 Å². The van der Waals surface area contributed by atoms with Crippen molar-refractivity contribution in [1.82, 2.24) is 40.1 Å². The van der Waals surface area contributed by atoms with Crippen LogP contribution in [0.25, 0.3) is 22.3 Å². The highest BCUT2D eigenvalue weighted by Crippen LogP contribution is 2.28. The van der Waals surface area contributed by atoms with Crippen LogP contribution in [-0.4, -0.2) is 40.1 Å². The SMILES string of the molecule is Clc1cc2c(cc1Cl)n1nnnc1c1nnnn21. The maximum Gasteiger partial charge on any atom is 0.226 e. The van der Waals surface area contributed by atoms with Crippen LogP contribution < -0.4 is 0 Å². The van der Waals surface area contributed by atoms with Crippen LogP contribution in [0.3, 0.4) is 0 Å². The second-order valence-electron chi connectivity index (χ2n) is 3.58. The van der Waals surface area contributed by atoms with Crippen LogP contribution in [0.15, 0.2) is 12.1 Å². The summed E-state index contributed by atoms with van der Waals surface area (Å²) in [6, 6.07) is 3.34. The first kappa shape index (κ1) is 9.92.